The molecule has 2 fully saturated rings. The van der Waals surface area contributed by atoms with E-state index in [1.54, 1.807) is 17.0 Å². The lowest BCUT2D eigenvalue weighted by Crippen LogP contribution is -2.46. The van der Waals surface area contributed by atoms with Gasteiger partial charge in [0.25, 0.3) is 0 Å². The van der Waals surface area contributed by atoms with Gasteiger partial charge in [-0.15, -0.1) is 0 Å². The van der Waals surface area contributed by atoms with Crippen molar-refractivity contribution in [1.29, 1.82) is 0 Å². The summed E-state index contributed by atoms with van der Waals surface area (Å²) in [4.78, 5) is 60.5. The highest BCUT2D eigenvalue weighted by Gasteiger charge is 2.48. The van der Waals surface area contributed by atoms with Crippen molar-refractivity contribution in [3.05, 3.63) is 64.6 Å². The normalized spacial score (nSPS) is 20.9. The van der Waals surface area contributed by atoms with Crippen LogP contribution >= 0.6 is 19.2 Å². The maximum absolute atomic E-state index is 14.4. The van der Waals surface area contributed by atoms with Gasteiger partial charge in [0.05, 0.1) is 21.9 Å². The van der Waals surface area contributed by atoms with Crippen molar-refractivity contribution < 1.29 is 33.1 Å². The fourth-order valence-electron chi connectivity index (χ4n) is 6.20. The molecular formula is C28H29ClFN2O6P. The molecule has 1 aromatic heterocycles. The number of benzene rings is 2. The Balaban J connectivity index is 1.42. The average Bonchev–Trinajstić information content (AvgIpc) is 3.57. The van der Waals surface area contributed by atoms with Gasteiger partial charge in [0.2, 0.25) is 5.91 Å². The number of halogens is 2. The van der Waals surface area contributed by atoms with Gasteiger partial charge in [-0.1, -0.05) is 36.2 Å². The lowest BCUT2D eigenvalue weighted by atomic mass is 9.97. The van der Waals surface area contributed by atoms with Gasteiger partial charge in [-0.25, -0.2) is 4.39 Å². The second kappa shape index (κ2) is 10.6. The molecule has 5 rings (SSSR count). The monoisotopic (exact) mass is 574 g/mol. The van der Waals surface area contributed by atoms with Gasteiger partial charge in [0.15, 0.2) is 11.6 Å². The van der Waals surface area contributed by atoms with Crippen LogP contribution in [-0.2, 0) is 27.1 Å². The highest BCUT2D eigenvalue weighted by Crippen LogP contribution is 2.42. The number of Topliss-reactive ketones (excluding diaryl/α,β-unsaturated/α-hetero) is 2. The molecule has 1 aliphatic heterocycles. The van der Waals surface area contributed by atoms with Crippen LogP contribution in [-0.4, -0.2) is 48.8 Å². The minimum atomic E-state index is -4.56. The van der Waals surface area contributed by atoms with Crippen LogP contribution in [0.1, 0.15) is 54.9 Å². The van der Waals surface area contributed by atoms with Crippen LogP contribution in [0.5, 0.6) is 0 Å². The van der Waals surface area contributed by atoms with Crippen molar-refractivity contribution in [2.45, 2.75) is 64.1 Å². The van der Waals surface area contributed by atoms with Crippen molar-refractivity contribution in [1.82, 2.24) is 9.47 Å². The van der Waals surface area contributed by atoms with Crippen LogP contribution in [0, 0.1) is 11.7 Å². The first-order valence-corrected chi connectivity index (χ1v) is 14.9. The number of aryl methyl sites for hydroxylation is 1. The lowest BCUT2D eigenvalue weighted by Gasteiger charge is -2.29. The maximum atomic E-state index is 14.4. The SMILES string of the molecule is CC(=O)c1cn(CC(=O)N2[C@@H]3CCC[C@@H]3C[C@H]2C(=O)CCc2cccc(Cl)c2F)c2cc(P(=O)(O)O)ccc12. The van der Waals surface area contributed by atoms with Crippen LogP contribution in [0.15, 0.2) is 42.6 Å². The Labute approximate surface area is 229 Å². The van der Waals surface area contributed by atoms with Crippen molar-refractivity contribution >= 4 is 52.9 Å². The molecule has 3 atom stereocenters. The maximum Gasteiger partial charge on any atom is 0.356 e. The van der Waals surface area contributed by atoms with Crippen molar-refractivity contribution in [3.63, 3.8) is 0 Å². The Morgan fingerprint density at radius 1 is 1.15 bits per heavy atom. The van der Waals surface area contributed by atoms with E-state index in [1.807, 2.05) is 0 Å². The minimum absolute atomic E-state index is 0.00191. The summed E-state index contributed by atoms with van der Waals surface area (Å²) < 4.78 is 27.8. The summed E-state index contributed by atoms with van der Waals surface area (Å²) in [5.74, 6) is -1.01. The lowest BCUT2D eigenvalue weighted by molar-refractivity contribution is -0.140. The van der Waals surface area contributed by atoms with E-state index in [4.69, 9.17) is 11.6 Å². The Bertz CT molecular complexity index is 1530. The molecule has 0 bridgehead atoms. The number of hydrogen-bond acceptors (Lipinski definition) is 4. The number of aromatic nitrogens is 1. The van der Waals surface area contributed by atoms with Gasteiger partial charge in [-0.2, -0.15) is 0 Å². The smallest absolute Gasteiger partial charge is 0.337 e. The molecule has 1 saturated carbocycles. The fourth-order valence-corrected chi connectivity index (χ4v) is 6.95. The van der Waals surface area contributed by atoms with E-state index in [0.29, 0.717) is 28.5 Å². The number of rotatable bonds is 8. The predicted molar refractivity (Wildman–Crippen MR) is 145 cm³/mol. The van der Waals surface area contributed by atoms with Crippen LogP contribution in [0.2, 0.25) is 5.02 Å². The van der Waals surface area contributed by atoms with Crippen molar-refractivity contribution in [3.8, 4) is 0 Å². The molecule has 11 heteroatoms. The van der Waals surface area contributed by atoms with E-state index in [9.17, 15) is 33.1 Å². The first kappa shape index (κ1) is 27.7. The van der Waals surface area contributed by atoms with E-state index in [2.05, 4.69) is 0 Å². The fraction of sp³-hybridized carbons (Fsp3) is 0.393. The number of carbonyl (C=O) groups is 3. The third kappa shape index (κ3) is 5.33. The number of fused-ring (bicyclic) bond motifs is 2. The number of hydrogen-bond donors (Lipinski definition) is 2. The molecule has 2 N–H and O–H groups in total. The molecule has 39 heavy (non-hydrogen) atoms. The summed E-state index contributed by atoms with van der Waals surface area (Å²) in [6.07, 6.45) is 4.99. The van der Waals surface area contributed by atoms with Crippen molar-refractivity contribution in [2.75, 3.05) is 0 Å². The number of carbonyl (C=O) groups excluding carboxylic acids is 3. The van der Waals surface area contributed by atoms with Gasteiger partial charge in [-0.3, -0.25) is 18.9 Å². The summed E-state index contributed by atoms with van der Waals surface area (Å²) in [6, 6.07) is 8.04. The molecule has 0 radical (unpaired) electrons. The minimum Gasteiger partial charge on any atom is -0.337 e. The third-order valence-corrected chi connectivity index (χ3v) is 9.30. The highest BCUT2D eigenvalue weighted by molar-refractivity contribution is 7.60. The van der Waals surface area contributed by atoms with Crippen molar-refractivity contribution in [2.24, 2.45) is 5.92 Å². The van der Waals surface area contributed by atoms with E-state index in [0.717, 1.165) is 19.3 Å². The van der Waals surface area contributed by atoms with Crippen LogP contribution in [0.4, 0.5) is 4.39 Å². The first-order chi connectivity index (χ1) is 18.5. The molecule has 2 aromatic carbocycles. The Kier molecular flexibility index (Phi) is 7.55. The summed E-state index contributed by atoms with van der Waals surface area (Å²) in [5.41, 5.74) is 1.05. The van der Waals surface area contributed by atoms with Crippen LogP contribution in [0.3, 0.4) is 0 Å². The molecule has 206 valence electrons. The van der Waals surface area contributed by atoms with E-state index in [-0.39, 0.29) is 59.1 Å². The Morgan fingerprint density at radius 2 is 1.92 bits per heavy atom. The molecule has 3 aromatic rings. The number of ketones is 2. The standard InChI is InChI=1S/C28H29ClFN2O6P/c1-16(33)21-14-31(24-13-19(39(36,37)38)9-10-20(21)24)15-27(35)32-23-7-3-5-18(23)12-25(32)26(34)11-8-17-4-2-6-22(29)28(17)30/h2,4,6,9-10,13-14,18,23,25H,3,5,7-8,11-12,15H2,1H3,(H2,36,37,38)/t18-,23-,25+/m1/s1. The second-order valence-electron chi connectivity index (χ2n) is 10.5. The number of likely N-dealkylation sites (tertiary alicyclic amines) is 1. The molecule has 1 amide bonds. The molecule has 1 saturated heterocycles. The third-order valence-electron chi connectivity index (χ3n) is 8.06. The van der Waals surface area contributed by atoms with Gasteiger partial charge >= 0.3 is 7.60 Å². The zero-order valence-corrected chi connectivity index (χ0v) is 23.0. The van der Waals surface area contributed by atoms with Gasteiger partial charge in [0.1, 0.15) is 12.4 Å². The van der Waals surface area contributed by atoms with E-state index in [1.165, 1.54) is 42.0 Å². The molecular weight excluding hydrogens is 546 g/mol. The largest absolute Gasteiger partial charge is 0.356 e. The molecule has 2 aliphatic rings. The summed E-state index contributed by atoms with van der Waals surface area (Å²) in [6.45, 7) is 1.20. The number of amides is 1. The first-order valence-electron chi connectivity index (χ1n) is 12.9. The number of nitrogens with zero attached hydrogens (tertiary/aromatic N) is 2. The molecule has 0 unspecified atom stereocenters. The molecule has 2 heterocycles. The summed E-state index contributed by atoms with van der Waals surface area (Å²) in [7, 11) is -4.56. The van der Waals surface area contributed by atoms with Gasteiger partial charge in [-0.05, 0) is 62.3 Å². The van der Waals surface area contributed by atoms with Gasteiger partial charge < -0.3 is 19.3 Å². The highest BCUT2D eigenvalue weighted by atomic mass is 35.5. The second-order valence-corrected chi connectivity index (χ2v) is 12.5. The zero-order valence-electron chi connectivity index (χ0n) is 21.3. The summed E-state index contributed by atoms with van der Waals surface area (Å²) in [5, 5.41) is 0.275. The summed E-state index contributed by atoms with van der Waals surface area (Å²) >= 11 is 5.88. The predicted octanol–water partition coefficient (Wildman–Crippen LogP) is 4.41. The topological polar surface area (TPSA) is 117 Å². The Hall–Kier alpha value is -2.84. The van der Waals surface area contributed by atoms with E-state index >= 15 is 0 Å². The van der Waals surface area contributed by atoms with Crippen LogP contribution < -0.4 is 5.30 Å². The van der Waals surface area contributed by atoms with Gasteiger partial charge in [0, 0.05) is 29.6 Å². The molecule has 0 spiro atoms. The average molecular weight is 575 g/mol. The molecule has 1 aliphatic carbocycles. The van der Waals surface area contributed by atoms with Crippen LogP contribution in [0.25, 0.3) is 10.9 Å². The van der Waals surface area contributed by atoms with E-state index < -0.39 is 19.5 Å². The zero-order chi connectivity index (χ0) is 28.1. The Morgan fingerprint density at radius 3 is 2.64 bits per heavy atom. The quantitative estimate of drug-likeness (QED) is 0.304. The molecule has 8 nitrogen and oxygen atoms in total.